The van der Waals surface area contributed by atoms with Crippen LogP contribution in [0.3, 0.4) is 0 Å². The van der Waals surface area contributed by atoms with E-state index in [0.29, 0.717) is 25.2 Å². The molecule has 7 nitrogen and oxygen atoms in total. The lowest BCUT2D eigenvalue weighted by Gasteiger charge is -2.24. The number of ether oxygens (including phenoxy) is 2. The summed E-state index contributed by atoms with van der Waals surface area (Å²) in [6.45, 7) is 6.01. The van der Waals surface area contributed by atoms with E-state index in [2.05, 4.69) is 5.32 Å². The van der Waals surface area contributed by atoms with Crippen LogP contribution >= 0.6 is 0 Å². The van der Waals surface area contributed by atoms with Gasteiger partial charge in [-0.2, -0.15) is 0 Å². The summed E-state index contributed by atoms with van der Waals surface area (Å²) in [7, 11) is 0. The van der Waals surface area contributed by atoms with Crippen molar-refractivity contribution in [3.05, 3.63) is 24.0 Å². The van der Waals surface area contributed by atoms with Crippen LogP contribution in [-0.4, -0.2) is 65.3 Å². The normalized spacial score (nSPS) is 18.5. The molecule has 8 heteroatoms. The lowest BCUT2D eigenvalue weighted by molar-refractivity contribution is 0.0275. The summed E-state index contributed by atoms with van der Waals surface area (Å²) in [5, 5.41) is 20.9. The number of halogens is 1. The molecule has 1 aliphatic rings. The third kappa shape index (κ3) is 6.03. The van der Waals surface area contributed by atoms with E-state index in [4.69, 9.17) is 14.6 Å². The maximum Gasteiger partial charge on any atom is 0.410 e. The second-order valence-electron chi connectivity index (χ2n) is 7.32. The van der Waals surface area contributed by atoms with E-state index in [-0.39, 0.29) is 25.0 Å². The van der Waals surface area contributed by atoms with Gasteiger partial charge in [-0.15, -0.1) is 0 Å². The number of nitrogens with zero attached hydrogens (tertiary/aromatic N) is 1. The van der Waals surface area contributed by atoms with Crippen molar-refractivity contribution in [3.8, 4) is 5.75 Å². The molecule has 0 spiro atoms. The number of likely N-dealkylation sites (tertiary alicyclic amines) is 1. The Morgan fingerprint density at radius 3 is 2.81 bits per heavy atom. The maximum absolute atomic E-state index is 14.2. The second kappa shape index (κ2) is 8.55. The highest BCUT2D eigenvalue weighted by atomic mass is 19.1. The summed E-state index contributed by atoms with van der Waals surface area (Å²) >= 11 is 0. The Bertz CT molecular complexity index is 620. The van der Waals surface area contributed by atoms with Gasteiger partial charge in [0.1, 0.15) is 11.7 Å². The number of hydrogen-bond donors (Lipinski definition) is 3. The van der Waals surface area contributed by atoms with Crippen molar-refractivity contribution in [2.45, 2.75) is 45.0 Å². The Kier molecular flexibility index (Phi) is 6.66. The van der Waals surface area contributed by atoms with Gasteiger partial charge in [0, 0.05) is 31.3 Å². The molecule has 0 saturated carbocycles. The quantitative estimate of drug-likeness (QED) is 0.709. The van der Waals surface area contributed by atoms with Gasteiger partial charge in [-0.1, -0.05) is 0 Å². The van der Waals surface area contributed by atoms with E-state index >= 15 is 0 Å². The molecule has 0 aliphatic carbocycles. The number of benzene rings is 1. The largest absolute Gasteiger partial charge is 0.485 e. The Morgan fingerprint density at radius 2 is 2.19 bits per heavy atom. The summed E-state index contributed by atoms with van der Waals surface area (Å²) < 4.78 is 25.2. The first-order valence-electron chi connectivity index (χ1n) is 8.65. The number of aliphatic hydroxyl groups is 2. The molecule has 0 radical (unpaired) electrons. The zero-order valence-electron chi connectivity index (χ0n) is 15.4. The molecule has 2 atom stereocenters. The highest BCUT2D eigenvalue weighted by Gasteiger charge is 2.31. The third-order valence-electron chi connectivity index (χ3n) is 3.77. The van der Waals surface area contributed by atoms with E-state index in [1.165, 1.54) is 12.1 Å². The molecule has 1 aromatic rings. The molecular formula is C18H27FN2O5. The number of carbonyl (C=O) groups is 1. The molecular weight excluding hydrogens is 343 g/mol. The van der Waals surface area contributed by atoms with Crippen LogP contribution in [-0.2, 0) is 4.74 Å². The van der Waals surface area contributed by atoms with Gasteiger partial charge < -0.3 is 29.9 Å². The predicted octanol–water partition coefficient (Wildman–Crippen LogP) is 1.98. The van der Waals surface area contributed by atoms with Crippen LogP contribution in [0.2, 0.25) is 0 Å². The molecule has 1 aromatic carbocycles. The Balaban J connectivity index is 1.88. The van der Waals surface area contributed by atoms with E-state index in [1.54, 1.807) is 31.7 Å². The Hall–Kier alpha value is -2.06. The number of anilines is 1. The average Bonchev–Trinajstić information content (AvgIpc) is 3.02. The summed E-state index contributed by atoms with van der Waals surface area (Å²) in [6, 6.07) is 4.39. The van der Waals surface area contributed by atoms with Crippen LogP contribution < -0.4 is 10.1 Å². The second-order valence-corrected chi connectivity index (χ2v) is 7.32. The summed E-state index contributed by atoms with van der Waals surface area (Å²) in [6.07, 6.45) is -1.01. The van der Waals surface area contributed by atoms with Crippen LogP contribution in [0.15, 0.2) is 18.2 Å². The summed E-state index contributed by atoms with van der Waals surface area (Å²) in [5.41, 5.74) is -0.0849. The van der Waals surface area contributed by atoms with Gasteiger partial charge in [-0.05, 0) is 32.9 Å². The van der Waals surface area contributed by atoms with Crippen LogP contribution in [0, 0.1) is 5.82 Å². The summed E-state index contributed by atoms with van der Waals surface area (Å²) in [4.78, 5) is 13.6. The molecule has 1 saturated heterocycles. The van der Waals surface area contributed by atoms with Gasteiger partial charge in [0.25, 0.3) is 0 Å². The maximum atomic E-state index is 14.2. The van der Waals surface area contributed by atoms with Gasteiger partial charge in [0.05, 0.1) is 19.3 Å². The molecule has 1 amide bonds. The lowest BCUT2D eigenvalue weighted by atomic mass is 10.2. The fraction of sp³-hybridized carbons (Fsp3) is 0.611. The average molecular weight is 370 g/mol. The first-order valence-corrected chi connectivity index (χ1v) is 8.65. The monoisotopic (exact) mass is 370 g/mol. The van der Waals surface area contributed by atoms with Crippen molar-refractivity contribution < 1.29 is 28.9 Å². The van der Waals surface area contributed by atoms with Gasteiger partial charge in [-0.3, -0.25) is 0 Å². The standard InChI is InChI=1S/C18H27FN2O5/c1-18(2,3)26-17(24)21-7-6-14(10-21)25-16-5-4-12(8-15(16)19)20-9-13(23)11-22/h4-5,8,13-14,20,22-23H,6-7,9-11H2,1-3H3. The highest BCUT2D eigenvalue weighted by molar-refractivity contribution is 5.68. The van der Waals surface area contributed by atoms with E-state index in [9.17, 15) is 14.3 Å². The molecule has 2 rings (SSSR count). The van der Waals surface area contributed by atoms with Gasteiger partial charge in [0.15, 0.2) is 11.6 Å². The third-order valence-corrected chi connectivity index (χ3v) is 3.77. The lowest BCUT2D eigenvalue weighted by Crippen LogP contribution is -2.36. The first-order chi connectivity index (χ1) is 12.2. The van der Waals surface area contributed by atoms with Gasteiger partial charge in [-0.25, -0.2) is 9.18 Å². The van der Waals surface area contributed by atoms with Crippen molar-refractivity contribution in [2.75, 3.05) is 31.6 Å². The highest BCUT2D eigenvalue weighted by Crippen LogP contribution is 2.25. The Labute approximate surface area is 152 Å². The molecule has 1 heterocycles. The molecule has 1 fully saturated rings. The number of aliphatic hydroxyl groups excluding tert-OH is 2. The van der Waals surface area contributed by atoms with Crippen molar-refractivity contribution in [1.29, 1.82) is 0 Å². The van der Waals surface area contributed by atoms with Crippen molar-refractivity contribution in [2.24, 2.45) is 0 Å². The number of carbonyl (C=O) groups excluding carboxylic acids is 1. The molecule has 3 N–H and O–H groups in total. The van der Waals surface area contributed by atoms with Crippen LogP contribution in [0.4, 0.5) is 14.9 Å². The fourth-order valence-electron chi connectivity index (χ4n) is 2.50. The fourth-order valence-corrected chi connectivity index (χ4v) is 2.50. The van der Waals surface area contributed by atoms with Crippen LogP contribution in [0.25, 0.3) is 0 Å². The summed E-state index contributed by atoms with van der Waals surface area (Å²) in [5.74, 6) is -0.432. The SMILES string of the molecule is CC(C)(C)OC(=O)N1CCC(Oc2ccc(NCC(O)CO)cc2F)C1. The first kappa shape index (κ1) is 20.3. The minimum atomic E-state index is -0.911. The molecule has 146 valence electrons. The molecule has 0 aromatic heterocycles. The molecule has 0 bridgehead atoms. The Morgan fingerprint density at radius 1 is 1.46 bits per heavy atom. The zero-order chi connectivity index (χ0) is 19.3. The number of hydrogen-bond acceptors (Lipinski definition) is 6. The molecule has 1 aliphatic heterocycles. The smallest absolute Gasteiger partial charge is 0.410 e. The minimum absolute atomic E-state index is 0.106. The van der Waals surface area contributed by atoms with E-state index in [1.807, 2.05) is 0 Å². The number of rotatable bonds is 6. The van der Waals surface area contributed by atoms with Gasteiger partial charge in [0.2, 0.25) is 0 Å². The predicted molar refractivity (Wildman–Crippen MR) is 94.8 cm³/mol. The van der Waals surface area contributed by atoms with E-state index < -0.39 is 23.6 Å². The zero-order valence-corrected chi connectivity index (χ0v) is 15.4. The number of amides is 1. The molecule has 26 heavy (non-hydrogen) atoms. The minimum Gasteiger partial charge on any atom is -0.485 e. The topological polar surface area (TPSA) is 91.3 Å². The van der Waals surface area contributed by atoms with Crippen LogP contribution in [0.1, 0.15) is 27.2 Å². The van der Waals surface area contributed by atoms with E-state index in [0.717, 1.165) is 0 Å². The van der Waals surface area contributed by atoms with Crippen molar-refractivity contribution >= 4 is 11.8 Å². The number of nitrogens with one attached hydrogen (secondary N) is 1. The van der Waals surface area contributed by atoms with Crippen molar-refractivity contribution in [3.63, 3.8) is 0 Å². The van der Waals surface area contributed by atoms with Gasteiger partial charge >= 0.3 is 6.09 Å². The van der Waals surface area contributed by atoms with Crippen molar-refractivity contribution in [1.82, 2.24) is 4.90 Å². The molecule has 2 unspecified atom stereocenters. The van der Waals surface area contributed by atoms with Crippen LogP contribution in [0.5, 0.6) is 5.75 Å².